The van der Waals surface area contributed by atoms with Gasteiger partial charge in [0.15, 0.2) is 0 Å². The van der Waals surface area contributed by atoms with Crippen molar-refractivity contribution in [1.82, 2.24) is 4.90 Å². The van der Waals surface area contributed by atoms with Crippen LogP contribution in [0.25, 0.3) is 0 Å². The maximum absolute atomic E-state index is 12.3. The Kier molecular flexibility index (Phi) is 37.1. The minimum atomic E-state index is -0.0749. The number of hydrogen-bond acceptors (Lipinski definition) is 6. The highest BCUT2D eigenvalue weighted by Crippen LogP contribution is 2.19. The zero-order valence-electron chi connectivity index (χ0n) is 34.9. The van der Waals surface area contributed by atoms with Gasteiger partial charge in [0.1, 0.15) is 0 Å². The molecule has 0 aromatic rings. The highest BCUT2D eigenvalue weighted by molar-refractivity contribution is 5.69. The number of rotatable bonds is 38. The quantitative estimate of drug-likeness (QED) is 0.0358. The molecule has 0 N–H and O–H groups in total. The van der Waals surface area contributed by atoms with E-state index in [4.69, 9.17) is 14.2 Å². The van der Waals surface area contributed by atoms with E-state index in [1.54, 1.807) is 0 Å². The minimum absolute atomic E-state index is 0.0276. The first-order valence-corrected chi connectivity index (χ1v) is 21.9. The molecule has 0 aromatic heterocycles. The molecule has 0 aromatic carbocycles. The van der Waals surface area contributed by atoms with Crippen LogP contribution in [0.4, 0.5) is 0 Å². The molecule has 0 rings (SSSR count). The molecule has 0 aliphatic heterocycles. The van der Waals surface area contributed by atoms with Gasteiger partial charge in [-0.2, -0.15) is 0 Å². The summed E-state index contributed by atoms with van der Waals surface area (Å²) in [5.41, 5.74) is 8.40. The van der Waals surface area contributed by atoms with E-state index in [0.717, 1.165) is 96.9 Å². The zero-order chi connectivity index (χ0) is 38.3. The van der Waals surface area contributed by atoms with Gasteiger partial charge in [0.2, 0.25) is 0 Å². The first kappa shape index (κ1) is 49.9. The molecule has 3 unspecified atom stereocenters. The summed E-state index contributed by atoms with van der Waals surface area (Å²) in [4.78, 5) is 26.9. The molecule has 6 nitrogen and oxygen atoms in total. The number of hydrogen-bond donors (Lipinski definition) is 0. The molecule has 0 radical (unpaired) electrons. The Hall–Kier alpha value is -2.06. The summed E-state index contributed by atoms with van der Waals surface area (Å²) < 4.78 is 17.5. The van der Waals surface area contributed by atoms with Crippen LogP contribution in [0.5, 0.6) is 0 Å². The van der Waals surface area contributed by atoms with E-state index in [1.807, 2.05) is 6.08 Å². The third-order valence-corrected chi connectivity index (χ3v) is 10.3. The summed E-state index contributed by atoms with van der Waals surface area (Å²) in [7, 11) is 0. The first-order valence-electron chi connectivity index (χ1n) is 21.9. The fourth-order valence-corrected chi connectivity index (χ4v) is 6.64. The van der Waals surface area contributed by atoms with Crippen molar-refractivity contribution in [2.75, 3.05) is 39.5 Å². The molecule has 0 heterocycles. The Labute approximate surface area is 322 Å². The van der Waals surface area contributed by atoms with Crippen molar-refractivity contribution in [2.24, 2.45) is 11.8 Å². The monoisotopic (exact) mass is 730 g/mol. The lowest BCUT2D eigenvalue weighted by molar-refractivity contribution is -0.145. The summed E-state index contributed by atoms with van der Waals surface area (Å²) in [6.07, 6.45) is 29.3. The Morgan fingerprint density at radius 3 is 1.69 bits per heavy atom. The van der Waals surface area contributed by atoms with Crippen LogP contribution in [0, 0.1) is 11.8 Å². The Morgan fingerprint density at radius 2 is 1.13 bits per heavy atom. The highest BCUT2D eigenvalue weighted by atomic mass is 16.5. The van der Waals surface area contributed by atoms with Crippen molar-refractivity contribution in [1.29, 1.82) is 0 Å². The molecular weight excluding hydrogens is 647 g/mol. The number of unbranched alkanes of at least 4 members (excludes halogenated alkanes) is 12. The lowest BCUT2D eigenvalue weighted by Gasteiger charge is -2.21. The standard InChI is InChI=1S/C46H83NO5/c1-7-12-21-29-42(6)36-40-51-45(48)34-26-19-15-17-24-32-44(50-39-28-38-47(10-4)11-5)33-25-18-16-20-27-35-46(49)52-41-37-43(30-22-13-8-2)31-23-14-9-3/h30,42-44H,2,7,9-12,14-21,23-29,31-41H2,1,3-6H3. The summed E-state index contributed by atoms with van der Waals surface area (Å²) in [5.74, 6) is 0.884. The van der Waals surface area contributed by atoms with Crippen molar-refractivity contribution >= 4 is 11.9 Å². The predicted octanol–water partition coefficient (Wildman–Crippen LogP) is 12.5. The predicted molar refractivity (Wildman–Crippen MR) is 220 cm³/mol. The van der Waals surface area contributed by atoms with E-state index in [0.29, 0.717) is 44.0 Å². The molecule has 0 saturated heterocycles. The summed E-state index contributed by atoms with van der Waals surface area (Å²) in [6.45, 7) is 19.9. The first-order chi connectivity index (χ1) is 25.4. The van der Waals surface area contributed by atoms with Gasteiger partial charge >= 0.3 is 11.9 Å². The van der Waals surface area contributed by atoms with Gasteiger partial charge in [-0.1, -0.05) is 142 Å². The second-order valence-corrected chi connectivity index (χ2v) is 15.0. The third-order valence-electron chi connectivity index (χ3n) is 10.3. The second-order valence-electron chi connectivity index (χ2n) is 15.0. The van der Waals surface area contributed by atoms with Crippen LogP contribution in [0.15, 0.2) is 29.8 Å². The van der Waals surface area contributed by atoms with Crippen LogP contribution >= 0.6 is 0 Å². The maximum atomic E-state index is 12.3. The zero-order valence-corrected chi connectivity index (χ0v) is 34.9. The number of carbonyl (C=O) groups is 2. The van der Waals surface area contributed by atoms with Crippen molar-refractivity contribution < 1.29 is 23.8 Å². The summed E-state index contributed by atoms with van der Waals surface area (Å²) in [5, 5.41) is 0. The molecule has 52 heavy (non-hydrogen) atoms. The molecule has 0 bridgehead atoms. The average molecular weight is 730 g/mol. The van der Waals surface area contributed by atoms with E-state index in [2.05, 4.69) is 63.3 Å². The fraction of sp³-hybridized carbons (Fsp3) is 0.848. The lowest BCUT2D eigenvalue weighted by atomic mass is 9.98. The summed E-state index contributed by atoms with van der Waals surface area (Å²) >= 11 is 0. The van der Waals surface area contributed by atoms with Crippen LogP contribution in [0.3, 0.4) is 0 Å². The number of nitrogens with zero attached hydrogens (tertiary/aromatic N) is 1. The Bertz CT molecular complexity index is 942. The van der Waals surface area contributed by atoms with Gasteiger partial charge < -0.3 is 19.1 Å². The molecule has 0 aliphatic carbocycles. The third kappa shape index (κ3) is 33.8. The molecule has 0 fully saturated rings. The molecule has 3 atom stereocenters. The Balaban J connectivity index is 4.26. The molecule has 6 heteroatoms. The van der Waals surface area contributed by atoms with E-state index in [-0.39, 0.29) is 11.9 Å². The van der Waals surface area contributed by atoms with E-state index >= 15 is 0 Å². The minimum Gasteiger partial charge on any atom is -0.466 e. The number of carbonyl (C=O) groups excluding carboxylic acids is 2. The van der Waals surface area contributed by atoms with Gasteiger partial charge in [0.05, 0.1) is 19.3 Å². The highest BCUT2D eigenvalue weighted by Gasteiger charge is 2.12. The Morgan fingerprint density at radius 1 is 0.615 bits per heavy atom. The topological polar surface area (TPSA) is 65.1 Å². The largest absolute Gasteiger partial charge is 0.466 e. The molecular formula is C46H83NO5. The SMILES string of the molecule is C=C=C=C=CC(CCCCC)CCOC(=O)CCCCCCCC(CCCCCCCC(=O)OCCC(C)CCCCC)OCCCN(CC)CC. The van der Waals surface area contributed by atoms with Crippen molar-refractivity contribution in [2.45, 2.75) is 201 Å². The normalized spacial score (nSPS) is 12.8. The van der Waals surface area contributed by atoms with E-state index in [9.17, 15) is 9.59 Å². The molecule has 0 spiro atoms. The number of ether oxygens (including phenoxy) is 3. The van der Waals surface area contributed by atoms with E-state index < -0.39 is 0 Å². The molecule has 0 aliphatic rings. The van der Waals surface area contributed by atoms with Gasteiger partial charge in [0, 0.05) is 26.0 Å². The average Bonchev–Trinajstić information content (AvgIpc) is 3.13. The van der Waals surface area contributed by atoms with Crippen molar-refractivity contribution in [3.8, 4) is 0 Å². The van der Waals surface area contributed by atoms with E-state index in [1.165, 1.54) is 77.0 Å². The van der Waals surface area contributed by atoms with Gasteiger partial charge in [-0.05, 0) is 94.7 Å². The molecule has 0 saturated carbocycles. The van der Waals surface area contributed by atoms with Crippen molar-refractivity contribution in [3.63, 3.8) is 0 Å². The maximum Gasteiger partial charge on any atom is 0.305 e. The molecule has 302 valence electrons. The van der Waals surface area contributed by atoms with Gasteiger partial charge in [0.25, 0.3) is 0 Å². The fourth-order valence-electron chi connectivity index (χ4n) is 6.64. The second kappa shape index (κ2) is 38.7. The summed E-state index contributed by atoms with van der Waals surface area (Å²) in [6, 6.07) is 0. The van der Waals surface area contributed by atoms with Crippen LogP contribution < -0.4 is 0 Å². The number of allylic oxidation sites excluding steroid dienone is 1. The smallest absolute Gasteiger partial charge is 0.305 e. The van der Waals surface area contributed by atoms with Crippen LogP contribution in [-0.2, 0) is 23.8 Å². The van der Waals surface area contributed by atoms with Gasteiger partial charge in [-0.15, -0.1) is 0 Å². The number of esters is 2. The van der Waals surface area contributed by atoms with Gasteiger partial charge in [-0.3, -0.25) is 9.59 Å². The van der Waals surface area contributed by atoms with Gasteiger partial charge in [-0.25, -0.2) is 0 Å². The lowest BCUT2D eigenvalue weighted by Crippen LogP contribution is -2.25. The van der Waals surface area contributed by atoms with Crippen LogP contribution in [0.2, 0.25) is 0 Å². The van der Waals surface area contributed by atoms with Crippen molar-refractivity contribution in [3.05, 3.63) is 29.8 Å². The van der Waals surface area contributed by atoms with Crippen LogP contribution in [-0.4, -0.2) is 62.4 Å². The van der Waals surface area contributed by atoms with Crippen LogP contribution in [0.1, 0.15) is 195 Å². The molecule has 0 amide bonds.